The number of phosphoric ester groups is 1. The normalized spacial score (nSPS) is 11.6. The maximum atomic E-state index is 11.5. The van der Waals surface area contributed by atoms with Crippen LogP contribution in [0.1, 0.15) is 25.3 Å². The molecule has 0 heterocycles. The molecule has 0 saturated carbocycles. The van der Waals surface area contributed by atoms with Crippen LogP contribution in [0.25, 0.3) is 22.3 Å². The van der Waals surface area contributed by atoms with Crippen molar-refractivity contribution in [1.29, 1.82) is 0 Å². The predicted octanol–water partition coefficient (Wildman–Crippen LogP) is 5.62. The smallest absolute Gasteiger partial charge is 0.404 e. The summed E-state index contributed by atoms with van der Waals surface area (Å²) in [4.78, 5) is 18.7. The average molecular weight is 368 g/mol. The van der Waals surface area contributed by atoms with E-state index in [2.05, 4.69) is 13.8 Å². The van der Waals surface area contributed by atoms with Gasteiger partial charge in [0.05, 0.1) is 0 Å². The lowest BCUT2D eigenvalue weighted by atomic mass is 9.86. The van der Waals surface area contributed by atoms with Crippen molar-refractivity contribution in [1.82, 2.24) is 0 Å². The number of benzene rings is 3. The highest BCUT2D eigenvalue weighted by Gasteiger charge is 2.24. The zero-order valence-corrected chi connectivity index (χ0v) is 15.6. The quantitative estimate of drug-likeness (QED) is 0.574. The van der Waals surface area contributed by atoms with E-state index in [1.165, 1.54) is 0 Å². The summed E-state index contributed by atoms with van der Waals surface area (Å²) < 4.78 is 16.6. The molecule has 0 aliphatic carbocycles. The Balaban J connectivity index is 2.38. The lowest BCUT2D eigenvalue weighted by molar-refractivity contribution is 0.283. The molecule has 134 valence electrons. The van der Waals surface area contributed by atoms with Crippen molar-refractivity contribution < 1.29 is 18.9 Å². The van der Waals surface area contributed by atoms with E-state index < -0.39 is 7.82 Å². The van der Waals surface area contributed by atoms with Crippen LogP contribution < -0.4 is 4.52 Å². The molecule has 3 aromatic carbocycles. The fourth-order valence-electron chi connectivity index (χ4n) is 3.09. The Morgan fingerprint density at radius 3 is 1.73 bits per heavy atom. The van der Waals surface area contributed by atoms with E-state index in [1.54, 1.807) is 6.07 Å². The number of phosphoric acid groups is 1. The van der Waals surface area contributed by atoms with E-state index in [0.29, 0.717) is 5.56 Å². The highest BCUT2D eigenvalue weighted by molar-refractivity contribution is 7.46. The van der Waals surface area contributed by atoms with Gasteiger partial charge in [0.2, 0.25) is 0 Å². The van der Waals surface area contributed by atoms with Gasteiger partial charge in [0.15, 0.2) is 0 Å². The van der Waals surface area contributed by atoms with Crippen molar-refractivity contribution in [2.24, 2.45) is 0 Å². The molecule has 0 unspecified atom stereocenters. The van der Waals surface area contributed by atoms with E-state index in [1.807, 2.05) is 66.7 Å². The second-order valence-corrected chi connectivity index (χ2v) is 7.54. The summed E-state index contributed by atoms with van der Waals surface area (Å²) in [5, 5.41) is 0. The maximum absolute atomic E-state index is 11.5. The standard InChI is InChI=1S/C21H21O4P/c1-15(2)18-13-14-19(25-26(22,23)24)21(17-11-7-4-8-12-17)20(18)16-9-5-3-6-10-16/h3-15H,1-2H3,(H2,22,23,24). The second-order valence-electron chi connectivity index (χ2n) is 6.37. The van der Waals surface area contributed by atoms with Crippen LogP contribution in [0, 0.1) is 0 Å². The van der Waals surface area contributed by atoms with Crippen LogP contribution in [-0.4, -0.2) is 9.79 Å². The van der Waals surface area contributed by atoms with Crippen molar-refractivity contribution in [3.05, 3.63) is 78.4 Å². The number of rotatable bonds is 5. The fraction of sp³-hybridized carbons (Fsp3) is 0.143. The molecule has 26 heavy (non-hydrogen) atoms. The monoisotopic (exact) mass is 368 g/mol. The molecular weight excluding hydrogens is 347 g/mol. The molecule has 3 rings (SSSR count). The lowest BCUT2D eigenvalue weighted by Crippen LogP contribution is -2.00. The van der Waals surface area contributed by atoms with Gasteiger partial charge in [-0.1, -0.05) is 80.6 Å². The van der Waals surface area contributed by atoms with Gasteiger partial charge in [-0.05, 0) is 34.2 Å². The summed E-state index contributed by atoms with van der Waals surface area (Å²) >= 11 is 0. The topological polar surface area (TPSA) is 66.8 Å². The molecule has 0 fully saturated rings. The van der Waals surface area contributed by atoms with Gasteiger partial charge in [0.25, 0.3) is 0 Å². The lowest BCUT2D eigenvalue weighted by Gasteiger charge is -2.21. The first-order valence-electron chi connectivity index (χ1n) is 8.39. The summed E-state index contributed by atoms with van der Waals surface area (Å²) in [6.45, 7) is 4.19. The first kappa shape index (κ1) is 18.4. The summed E-state index contributed by atoms with van der Waals surface area (Å²) in [6.07, 6.45) is 0. The molecule has 0 amide bonds. The molecule has 0 saturated heterocycles. The van der Waals surface area contributed by atoms with Crippen molar-refractivity contribution >= 4 is 7.82 Å². The summed E-state index contributed by atoms with van der Waals surface area (Å²) in [5.74, 6) is 0.407. The van der Waals surface area contributed by atoms with Crippen molar-refractivity contribution in [2.45, 2.75) is 19.8 Å². The Morgan fingerprint density at radius 1 is 0.769 bits per heavy atom. The van der Waals surface area contributed by atoms with Gasteiger partial charge in [-0.2, -0.15) is 0 Å². The van der Waals surface area contributed by atoms with Crippen LogP contribution in [0.4, 0.5) is 0 Å². The van der Waals surface area contributed by atoms with Crippen molar-refractivity contribution in [3.8, 4) is 28.0 Å². The summed E-state index contributed by atoms with van der Waals surface area (Å²) in [7, 11) is -4.69. The molecule has 2 N–H and O–H groups in total. The van der Waals surface area contributed by atoms with E-state index >= 15 is 0 Å². The van der Waals surface area contributed by atoms with Gasteiger partial charge in [-0.25, -0.2) is 4.57 Å². The minimum atomic E-state index is -4.69. The third-order valence-electron chi connectivity index (χ3n) is 4.16. The van der Waals surface area contributed by atoms with Gasteiger partial charge in [0.1, 0.15) is 5.75 Å². The summed E-state index contributed by atoms with van der Waals surface area (Å²) in [6, 6.07) is 22.9. The third-order valence-corrected chi connectivity index (χ3v) is 4.60. The first-order chi connectivity index (χ1) is 12.4. The van der Waals surface area contributed by atoms with Gasteiger partial charge in [-0.3, -0.25) is 9.79 Å². The maximum Gasteiger partial charge on any atom is 0.524 e. The molecule has 3 aromatic rings. The highest BCUT2D eigenvalue weighted by atomic mass is 31.2. The Hall–Kier alpha value is -2.39. The van der Waals surface area contributed by atoms with Crippen LogP contribution in [0.2, 0.25) is 0 Å². The SMILES string of the molecule is CC(C)c1ccc(OP(=O)(O)O)c(-c2ccccc2)c1-c1ccccc1. The average Bonchev–Trinajstić information content (AvgIpc) is 2.61. The largest absolute Gasteiger partial charge is 0.524 e. The third kappa shape index (κ3) is 4.05. The van der Waals surface area contributed by atoms with Gasteiger partial charge in [0, 0.05) is 5.56 Å². The molecule has 5 heteroatoms. The highest BCUT2D eigenvalue weighted by Crippen LogP contribution is 2.48. The molecule has 0 bridgehead atoms. The van der Waals surface area contributed by atoms with Crippen LogP contribution in [0.15, 0.2) is 72.8 Å². The van der Waals surface area contributed by atoms with Crippen LogP contribution >= 0.6 is 7.82 Å². The molecular formula is C21H21O4P. The molecule has 0 radical (unpaired) electrons. The van der Waals surface area contributed by atoms with Crippen LogP contribution in [0.3, 0.4) is 0 Å². The minimum absolute atomic E-state index is 0.174. The van der Waals surface area contributed by atoms with E-state index in [-0.39, 0.29) is 11.7 Å². The Kier molecular flexibility index (Phi) is 5.28. The fourth-order valence-corrected chi connectivity index (χ4v) is 3.50. The van der Waals surface area contributed by atoms with Gasteiger partial charge in [-0.15, -0.1) is 0 Å². The Bertz CT molecular complexity index is 931. The number of hydrogen-bond acceptors (Lipinski definition) is 2. The molecule has 0 aliphatic rings. The zero-order chi connectivity index (χ0) is 18.7. The first-order valence-corrected chi connectivity index (χ1v) is 9.92. The summed E-state index contributed by atoms with van der Waals surface area (Å²) in [5.41, 5.74) is 4.53. The Morgan fingerprint density at radius 2 is 1.27 bits per heavy atom. The van der Waals surface area contributed by atoms with E-state index in [0.717, 1.165) is 22.3 Å². The molecule has 0 aromatic heterocycles. The van der Waals surface area contributed by atoms with E-state index in [4.69, 9.17) is 4.52 Å². The van der Waals surface area contributed by atoms with Crippen LogP contribution in [0.5, 0.6) is 5.75 Å². The van der Waals surface area contributed by atoms with Gasteiger partial charge >= 0.3 is 7.82 Å². The Labute approximate surface area is 153 Å². The van der Waals surface area contributed by atoms with Crippen molar-refractivity contribution in [2.75, 3.05) is 0 Å². The zero-order valence-electron chi connectivity index (χ0n) is 14.7. The van der Waals surface area contributed by atoms with E-state index in [9.17, 15) is 14.4 Å². The van der Waals surface area contributed by atoms with Crippen molar-refractivity contribution in [3.63, 3.8) is 0 Å². The molecule has 0 aliphatic heterocycles. The van der Waals surface area contributed by atoms with Gasteiger partial charge < -0.3 is 4.52 Å². The molecule has 4 nitrogen and oxygen atoms in total. The predicted molar refractivity (Wildman–Crippen MR) is 104 cm³/mol. The second kappa shape index (κ2) is 7.46. The molecule has 0 spiro atoms. The minimum Gasteiger partial charge on any atom is -0.404 e. The van der Waals surface area contributed by atoms with Crippen LogP contribution in [-0.2, 0) is 4.57 Å². The number of hydrogen-bond donors (Lipinski definition) is 2. The molecule has 0 atom stereocenters.